The van der Waals surface area contributed by atoms with Gasteiger partial charge >= 0.3 is 0 Å². The van der Waals surface area contributed by atoms with Gasteiger partial charge in [-0.25, -0.2) is 0 Å². The molecule has 1 atom stereocenters. The van der Waals surface area contributed by atoms with E-state index in [1.807, 2.05) is 25.9 Å². The van der Waals surface area contributed by atoms with Gasteiger partial charge in [-0.1, -0.05) is 6.92 Å². The lowest BCUT2D eigenvalue weighted by Gasteiger charge is -2.11. The van der Waals surface area contributed by atoms with Crippen LogP contribution < -0.4 is 5.32 Å². The zero-order valence-corrected chi connectivity index (χ0v) is 8.71. The fourth-order valence-electron chi connectivity index (χ4n) is 0.790. The minimum atomic E-state index is -0.414. The van der Waals surface area contributed by atoms with Gasteiger partial charge in [0.1, 0.15) is 0 Å². The molecule has 0 spiro atoms. The number of nitrogens with one attached hydrogen (secondary N) is 1. The van der Waals surface area contributed by atoms with Crippen LogP contribution in [0.1, 0.15) is 19.8 Å². The third kappa shape index (κ3) is 7.74. The molecule has 0 saturated heterocycles. The summed E-state index contributed by atoms with van der Waals surface area (Å²) in [7, 11) is 3.85. The largest absolute Gasteiger partial charge is 0.391 e. The van der Waals surface area contributed by atoms with E-state index in [0.717, 1.165) is 6.54 Å². The van der Waals surface area contributed by atoms with Crippen LogP contribution in [0.4, 0.5) is 0 Å². The normalized spacial score (nSPS) is 13.0. The van der Waals surface area contributed by atoms with Crippen LogP contribution >= 0.6 is 0 Å². The number of aliphatic hydroxyl groups is 1. The van der Waals surface area contributed by atoms with Crippen molar-refractivity contribution >= 4 is 5.91 Å². The number of nitrogens with zero attached hydrogens (tertiary/aromatic N) is 1. The molecule has 0 rings (SSSR count). The highest BCUT2D eigenvalue weighted by Gasteiger charge is 2.04. The predicted molar refractivity (Wildman–Crippen MR) is 52.5 cm³/mol. The van der Waals surface area contributed by atoms with Crippen LogP contribution in [0.5, 0.6) is 0 Å². The molecule has 4 heteroatoms. The number of hydrogen-bond donors (Lipinski definition) is 2. The monoisotopic (exact) mass is 188 g/mol. The molecule has 0 aliphatic rings. The van der Waals surface area contributed by atoms with Gasteiger partial charge < -0.3 is 15.3 Å². The van der Waals surface area contributed by atoms with Crippen LogP contribution in [0.25, 0.3) is 0 Å². The molecule has 13 heavy (non-hydrogen) atoms. The first-order valence-electron chi connectivity index (χ1n) is 4.65. The Labute approximate surface area is 79.9 Å². The summed E-state index contributed by atoms with van der Waals surface area (Å²) in [4.78, 5) is 13.1. The average Bonchev–Trinajstić information content (AvgIpc) is 2.10. The van der Waals surface area contributed by atoms with Gasteiger partial charge in [-0.05, 0) is 20.5 Å². The summed E-state index contributed by atoms with van der Waals surface area (Å²) >= 11 is 0. The minimum absolute atomic E-state index is 0.00111. The first kappa shape index (κ1) is 12.4. The lowest BCUT2D eigenvalue weighted by atomic mass is 10.3. The average molecular weight is 188 g/mol. The highest BCUT2D eigenvalue weighted by atomic mass is 16.3. The molecule has 0 aromatic rings. The van der Waals surface area contributed by atoms with Gasteiger partial charge in [-0.15, -0.1) is 0 Å². The number of carbonyl (C=O) groups excluding carboxylic acids is 1. The molecule has 0 aliphatic heterocycles. The first-order chi connectivity index (χ1) is 6.06. The Morgan fingerprint density at radius 2 is 2.15 bits per heavy atom. The van der Waals surface area contributed by atoms with E-state index in [1.165, 1.54) is 0 Å². The lowest BCUT2D eigenvalue weighted by molar-refractivity contribution is -0.121. The van der Waals surface area contributed by atoms with Crippen molar-refractivity contribution in [2.24, 2.45) is 0 Å². The third-order valence-electron chi connectivity index (χ3n) is 1.79. The van der Waals surface area contributed by atoms with Crippen LogP contribution in [0.2, 0.25) is 0 Å². The molecule has 2 N–H and O–H groups in total. The van der Waals surface area contributed by atoms with Crippen molar-refractivity contribution in [3.05, 3.63) is 0 Å². The van der Waals surface area contributed by atoms with Crippen molar-refractivity contribution in [3.63, 3.8) is 0 Å². The molecule has 1 unspecified atom stereocenters. The molecule has 0 saturated carbocycles. The van der Waals surface area contributed by atoms with E-state index >= 15 is 0 Å². The molecule has 0 fully saturated rings. The molecule has 1 amide bonds. The fourth-order valence-corrected chi connectivity index (χ4v) is 0.790. The van der Waals surface area contributed by atoms with Gasteiger partial charge in [0, 0.05) is 19.5 Å². The van der Waals surface area contributed by atoms with E-state index < -0.39 is 6.10 Å². The Bertz CT molecular complexity index is 149. The maximum Gasteiger partial charge on any atom is 0.221 e. The molecule has 0 heterocycles. The lowest BCUT2D eigenvalue weighted by Crippen LogP contribution is -2.33. The van der Waals surface area contributed by atoms with Gasteiger partial charge in [0.15, 0.2) is 0 Å². The van der Waals surface area contributed by atoms with Crippen molar-refractivity contribution in [2.45, 2.75) is 25.9 Å². The zero-order chi connectivity index (χ0) is 10.3. The fraction of sp³-hybridized carbons (Fsp3) is 0.889. The second-order valence-electron chi connectivity index (χ2n) is 3.42. The second kappa shape index (κ2) is 6.86. The standard InChI is InChI=1S/C9H20N2O2/c1-4-8(12)7-10-9(13)5-6-11(2)3/h8,12H,4-7H2,1-3H3,(H,10,13). The van der Waals surface area contributed by atoms with E-state index in [9.17, 15) is 4.79 Å². The van der Waals surface area contributed by atoms with Crippen LogP contribution in [0.3, 0.4) is 0 Å². The first-order valence-corrected chi connectivity index (χ1v) is 4.65. The van der Waals surface area contributed by atoms with E-state index in [-0.39, 0.29) is 5.91 Å². The summed E-state index contributed by atoms with van der Waals surface area (Å²) in [5.41, 5.74) is 0. The summed E-state index contributed by atoms with van der Waals surface area (Å²) < 4.78 is 0. The van der Waals surface area contributed by atoms with Gasteiger partial charge in [-0.2, -0.15) is 0 Å². The summed E-state index contributed by atoms with van der Waals surface area (Å²) in [6.45, 7) is 2.99. The summed E-state index contributed by atoms with van der Waals surface area (Å²) in [5.74, 6) is 0.00111. The number of amides is 1. The van der Waals surface area contributed by atoms with Gasteiger partial charge in [0.2, 0.25) is 5.91 Å². The van der Waals surface area contributed by atoms with Gasteiger partial charge in [0.05, 0.1) is 6.10 Å². The van der Waals surface area contributed by atoms with E-state index in [1.54, 1.807) is 0 Å². The highest BCUT2D eigenvalue weighted by molar-refractivity contribution is 5.76. The smallest absolute Gasteiger partial charge is 0.221 e. The maximum atomic E-state index is 11.1. The molecule has 0 aliphatic carbocycles. The zero-order valence-electron chi connectivity index (χ0n) is 8.71. The van der Waals surface area contributed by atoms with E-state index in [0.29, 0.717) is 19.4 Å². The molecule has 0 bridgehead atoms. The van der Waals surface area contributed by atoms with Crippen molar-refractivity contribution in [1.82, 2.24) is 10.2 Å². The van der Waals surface area contributed by atoms with Crippen LogP contribution in [-0.4, -0.2) is 49.2 Å². The van der Waals surface area contributed by atoms with Crippen molar-refractivity contribution in [2.75, 3.05) is 27.2 Å². The van der Waals surface area contributed by atoms with Crippen molar-refractivity contribution < 1.29 is 9.90 Å². The summed E-state index contributed by atoms with van der Waals surface area (Å²) in [5, 5.41) is 11.8. The third-order valence-corrected chi connectivity index (χ3v) is 1.79. The van der Waals surface area contributed by atoms with Gasteiger partial charge in [0.25, 0.3) is 0 Å². The second-order valence-corrected chi connectivity index (χ2v) is 3.42. The Balaban J connectivity index is 3.40. The number of hydrogen-bond acceptors (Lipinski definition) is 3. The Morgan fingerprint density at radius 3 is 2.62 bits per heavy atom. The maximum absolute atomic E-state index is 11.1. The molecule has 0 aromatic heterocycles. The van der Waals surface area contributed by atoms with E-state index in [2.05, 4.69) is 5.32 Å². The van der Waals surface area contributed by atoms with Crippen molar-refractivity contribution in [3.8, 4) is 0 Å². The van der Waals surface area contributed by atoms with Crippen molar-refractivity contribution in [1.29, 1.82) is 0 Å². The Kier molecular flexibility index (Phi) is 6.54. The minimum Gasteiger partial charge on any atom is -0.391 e. The quantitative estimate of drug-likeness (QED) is 0.608. The number of aliphatic hydroxyl groups excluding tert-OH is 1. The summed E-state index contributed by atoms with van der Waals surface area (Å²) in [6, 6.07) is 0. The topological polar surface area (TPSA) is 52.6 Å². The van der Waals surface area contributed by atoms with Crippen LogP contribution in [0, 0.1) is 0 Å². The molecule has 0 aromatic carbocycles. The number of rotatable bonds is 6. The van der Waals surface area contributed by atoms with E-state index in [4.69, 9.17) is 5.11 Å². The number of carbonyl (C=O) groups is 1. The SMILES string of the molecule is CCC(O)CNC(=O)CCN(C)C. The Hall–Kier alpha value is -0.610. The molecular weight excluding hydrogens is 168 g/mol. The summed E-state index contributed by atoms with van der Waals surface area (Å²) in [6.07, 6.45) is 0.750. The van der Waals surface area contributed by atoms with Crippen LogP contribution in [0.15, 0.2) is 0 Å². The highest BCUT2D eigenvalue weighted by Crippen LogP contribution is 1.88. The van der Waals surface area contributed by atoms with Gasteiger partial charge in [-0.3, -0.25) is 4.79 Å². The molecule has 4 nitrogen and oxygen atoms in total. The molecule has 0 radical (unpaired) electrons. The predicted octanol–water partition coefficient (Wildman–Crippen LogP) is -0.175. The molecule has 78 valence electrons. The Morgan fingerprint density at radius 1 is 1.54 bits per heavy atom. The molecular formula is C9H20N2O2. The van der Waals surface area contributed by atoms with Crippen LogP contribution in [-0.2, 0) is 4.79 Å².